The highest BCUT2D eigenvalue weighted by molar-refractivity contribution is 7.24. The van der Waals surface area contributed by atoms with Crippen molar-refractivity contribution >= 4 is 161 Å². The van der Waals surface area contributed by atoms with E-state index < -0.39 is 65.9 Å². The maximum atomic E-state index is 12.2. The summed E-state index contributed by atoms with van der Waals surface area (Å²) in [5, 5.41) is 61.0. The van der Waals surface area contributed by atoms with Crippen LogP contribution >= 0.6 is 45.3 Å². The van der Waals surface area contributed by atoms with E-state index in [2.05, 4.69) is 133 Å². The van der Waals surface area contributed by atoms with E-state index in [4.69, 9.17) is 34.9 Å². The van der Waals surface area contributed by atoms with Crippen molar-refractivity contribution in [2.75, 3.05) is 80.4 Å². The first-order chi connectivity index (χ1) is 71.7. The first kappa shape index (κ1) is 108. The van der Waals surface area contributed by atoms with Crippen LogP contribution in [0, 0.1) is 0 Å². The highest BCUT2D eigenvalue weighted by Gasteiger charge is 2.32. The number of ether oxygens (including phenoxy) is 4. The Morgan fingerprint density at radius 3 is 1.05 bits per heavy atom. The van der Waals surface area contributed by atoms with E-state index in [1.807, 2.05) is 143 Å². The van der Waals surface area contributed by atoms with E-state index in [0.717, 1.165) is 130 Å². The fraction of sp³-hybridized carbons (Fsp3) is 0.284. The van der Waals surface area contributed by atoms with Crippen LogP contribution in [-0.4, -0.2) is 224 Å². The molecule has 17 rings (SSSR count). The summed E-state index contributed by atoms with van der Waals surface area (Å²) < 4.78 is 24.9. The largest absolute Gasteiger partial charge is 0.481 e. The van der Waals surface area contributed by atoms with Crippen LogP contribution in [0.15, 0.2) is 190 Å². The zero-order valence-electron chi connectivity index (χ0n) is 82.4. The third kappa shape index (κ3) is 29.1. The molecule has 1 saturated heterocycles. The second-order valence-corrected chi connectivity index (χ2v) is 38.0. The Kier molecular flexibility index (Phi) is 36.8. The molecule has 12 aromatic heterocycles. The highest BCUT2D eigenvalue weighted by Crippen LogP contribution is 2.44. The number of hydrogen-bond acceptors (Lipinski definition) is 37. The summed E-state index contributed by atoms with van der Waals surface area (Å²) in [4.78, 5) is 179. The van der Waals surface area contributed by atoms with E-state index in [1.54, 1.807) is 103 Å². The number of esters is 3. The van der Waals surface area contributed by atoms with E-state index in [-0.39, 0.29) is 55.6 Å². The van der Waals surface area contributed by atoms with Gasteiger partial charge in [-0.3, -0.25) is 70.1 Å². The number of carboxylic acid groups (broad SMARTS) is 2. The molecule has 149 heavy (non-hydrogen) atoms. The molecular formula is C102H106N26O17S4. The smallest absolute Gasteiger partial charge is 0.323 e. The summed E-state index contributed by atoms with van der Waals surface area (Å²) in [7, 11) is 0. The van der Waals surface area contributed by atoms with Gasteiger partial charge in [0, 0.05) is 165 Å². The van der Waals surface area contributed by atoms with Crippen molar-refractivity contribution in [1.29, 1.82) is 0 Å². The number of rotatable bonds is 33. The number of fused-ring (bicyclic) bond motifs is 4. The molecule has 4 atom stereocenters. The Morgan fingerprint density at radius 1 is 0.416 bits per heavy atom. The number of urea groups is 4. The number of aromatic nitrogens is 16. The summed E-state index contributed by atoms with van der Waals surface area (Å²) in [5.41, 5.74) is 19.6. The van der Waals surface area contributed by atoms with Crippen molar-refractivity contribution in [2.24, 2.45) is 5.73 Å². The van der Waals surface area contributed by atoms with Gasteiger partial charge in [-0.25, -0.2) is 79.0 Å². The fourth-order valence-corrected chi connectivity index (χ4v) is 18.6. The van der Waals surface area contributed by atoms with Crippen LogP contribution in [0.5, 0.6) is 0 Å². The minimum Gasteiger partial charge on any atom is -0.481 e. The van der Waals surface area contributed by atoms with Gasteiger partial charge in [0.15, 0.2) is 61.6 Å². The standard InChI is InChI=1S/C27H31N7O4S.C25H27N7O3S.2C25H24N6O5S/c1-3-28-25(36)33-26-32-22-12-18(19-13-30-24(31-14-19)27(2,37)16-35)11-20(23(22)39-26)21-10-17(4-5-29-21)15-34-6-8-38-9-7-34;1-5-27-23(34)32-24-31-19-11-15(10-17(20(19)36-24)18-8-6-7-9-28-18)16-12-29-22(30-13-16)25(3,4)35-21(33)14(2)26;2*1-3-26-24(35)31-25-30-19-11-15(10-17(22(19)37-25)18-6-4-5-9-27-18)16-12-28-23(29-13-16)14(2)36-21(34)8-7-20(32)33/h4-5,10-14,35,37H,3,6-9,15-16H2,1-2H3,(H2,28,32,33,36);6-14H,5,26H2,1-4H3,(H2,27,31,32,34);2*4-6,9-14H,3,7-8H2,1-2H3,(H,32,33)(H2,26,30,31,35)/t;3*14-/m.010/s1. The number of aliphatic carboxylic acids is 2. The van der Waals surface area contributed by atoms with Crippen LogP contribution in [-0.2, 0) is 60.7 Å². The van der Waals surface area contributed by atoms with Crippen molar-refractivity contribution < 1.29 is 82.5 Å². The van der Waals surface area contributed by atoms with Gasteiger partial charge in [-0.15, -0.1) is 0 Å². The van der Waals surface area contributed by atoms with Crippen molar-refractivity contribution in [1.82, 2.24) is 106 Å². The maximum absolute atomic E-state index is 12.2. The number of nitrogens with zero attached hydrogens (tertiary/aromatic N) is 17. The average Bonchev–Trinajstić information content (AvgIpc) is 1.68. The fourth-order valence-electron chi connectivity index (χ4n) is 14.7. The number of nitrogens with two attached hydrogens (primary N) is 1. The lowest BCUT2D eigenvalue weighted by Crippen LogP contribution is -2.36. The molecule has 0 bridgehead atoms. The Morgan fingerprint density at radius 2 is 0.738 bits per heavy atom. The van der Waals surface area contributed by atoms with Gasteiger partial charge in [0.1, 0.15) is 11.6 Å². The number of benzene rings is 4. The highest BCUT2D eigenvalue weighted by atomic mass is 32.1. The molecule has 0 spiro atoms. The van der Waals surface area contributed by atoms with Gasteiger partial charge in [-0.1, -0.05) is 63.5 Å². The van der Waals surface area contributed by atoms with Gasteiger partial charge in [-0.05, 0) is 194 Å². The topological polar surface area (TPSA) is 603 Å². The van der Waals surface area contributed by atoms with Gasteiger partial charge in [0.25, 0.3) is 0 Å². The molecule has 1 aliphatic rings. The van der Waals surface area contributed by atoms with Crippen LogP contribution in [0.3, 0.4) is 0 Å². The molecule has 16 aromatic rings. The Labute approximate surface area is 868 Å². The zero-order chi connectivity index (χ0) is 106. The van der Waals surface area contributed by atoms with Crippen LogP contribution < -0.4 is 48.3 Å². The number of aliphatic hydroxyl groups is 2. The summed E-state index contributed by atoms with van der Waals surface area (Å²) in [6.07, 6.45) is 17.5. The van der Waals surface area contributed by atoms with E-state index in [9.17, 15) is 53.4 Å². The predicted octanol–water partition coefficient (Wildman–Crippen LogP) is 15.9. The second kappa shape index (κ2) is 50.6. The van der Waals surface area contributed by atoms with Crippen LogP contribution in [0.1, 0.15) is 136 Å². The maximum Gasteiger partial charge on any atom is 0.323 e. The minimum absolute atomic E-state index is 0.134. The third-order valence-electron chi connectivity index (χ3n) is 22.1. The van der Waals surface area contributed by atoms with Gasteiger partial charge in [-0.2, -0.15) is 0 Å². The van der Waals surface area contributed by atoms with Crippen molar-refractivity contribution in [2.45, 2.75) is 131 Å². The van der Waals surface area contributed by atoms with Crippen molar-refractivity contribution in [3.63, 3.8) is 0 Å². The number of carbonyl (C=O) groups is 9. The molecule has 1 aliphatic heterocycles. The number of pyridine rings is 4. The number of morpholine rings is 1. The van der Waals surface area contributed by atoms with Gasteiger partial charge in [0.2, 0.25) is 0 Å². The lowest BCUT2D eigenvalue weighted by atomic mass is 10.0. The number of amides is 8. The summed E-state index contributed by atoms with van der Waals surface area (Å²) in [5.74, 6) is -2.86. The molecule has 14 N–H and O–H groups in total. The normalized spacial score (nSPS) is 12.8. The van der Waals surface area contributed by atoms with Crippen LogP contribution in [0.4, 0.5) is 39.7 Å². The van der Waals surface area contributed by atoms with Crippen LogP contribution in [0.2, 0.25) is 0 Å². The molecule has 4 aromatic carbocycles. The number of hydrogen-bond donors (Lipinski definition) is 13. The van der Waals surface area contributed by atoms with E-state index in [1.165, 1.54) is 52.3 Å². The van der Waals surface area contributed by atoms with E-state index in [0.29, 0.717) is 103 Å². The average molecular weight is 2100 g/mol. The molecule has 0 radical (unpaired) electrons. The molecule has 8 amide bonds. The summed E-state index contributed by atoms with van der Waals surface area (Å²) in [6, 6.07) is 34.6. The number of thiazole rings is 4. The van der Waals surface area contributed by atoms with Crippen LogP contribution in [0.25, 0.3) is 130 Å². The lowest BCUT2D eigenvalue weighted by Gasteiger charge is -2.26. The number of aliphatic hydroxyl groups excluding tert-OH is 1. The molecule has 13 heterocycles. The predicted molar refractivity (Wildman–Crippen MR) is 565 cm³/mol. The molecule has 1 fully saturated rings. The monoisotopic (exact) mass is 2090 g/mol. The summed E-state index contributed by atoms with van der Waals surface area (Å²) in [6.45, 7) is 22.6. The molecule has 1 unspecified atom stereocenters. The Hall–Kier alpha value is -16.4. The molecular weight excluding hydrogens is 1990 g/mol. The third-order valence-corrected chi connectivity index (χ3v) is 26.2. The number of nitrogens with one attached hydrogen (secondary N) is 8. The minimum atomic E-state index is -1.53. The molecule has 770 valence electrons. The van der Waals surface area contributed by atoms with Gasteiger partial charge in [0.05, 0.1) is 109 Å². The van der Waals surface area contributed by atoms with Gasteiger partial charge >= 0.3 is 54.0 Å². The van der Waals surface area contributed by atoms with E-state index >= 15 is 0 Å². The first-order valence-corrected chi connectivity index (χ1v) is 50.4. The van der Waals surface area contributed by atoms with Crippen molar-refractivity contribution in [3.8, 4) is 89.5 Å². The number of anilines is 4. The SMILES string of the molecule is CCNC(=O)Nc1nc2cc(-c3cnc(C(C)(C)OC(=O)[C@H](C)N)nc3)cc(-c3ccccn3)c2s1.CCNC(=O)Nc1nc2cc(-c3cnc(C(C)(O)CO)nc3)cc(-c3cc(CN4CCOCC4)ccn3)c2s1.CCNC(=O)Nc1nc2cc(-c3cnc([C@@H](C)OC(=O)CCC(=O)O)nc3)cc(-c3ccccn3)c2s1.CCNC(=O)Nc1nc2cc(-c3cnc([C@H](C)OC(=O)CCC(=O)O)nc3)cc(-c3ccccn3)c2s1. The molecule has 47 heteroatoms. The molecule has 43 nitrogen and oxygen atoms in total. The quantitative estimate of drug-likeness (QED) is 0.0134. The Balaban J connectivity index is 0.000000157. The Bertz CT molecular complexity index is 7220. The lowest BCUT2D eigenvalue weighted by molar-refractivity contribution is -0.159. The molecule has 0 aliphatic carbocycles. The van der Waals surface area contributed by atoms with Crippen molar-refractivity contribution in [3.05, 3.63) is 218 Å². The van der Waals surface area contributed by atoms with Gasteiger partial charge < -0.3 is 66.4 Å². The number of carboxylic acids is 2. The summed E-state index contributed by atoms with van der Waals surface area (Å²) >= 11 is 5.47. The second-order valence-electron chi connectivity index (χ2n) is 34.0. The number of carbonyl (C=O) groups excluding carboxylic acids is 7. The zero-order valence-corrected chi connectivity index (χ0v) is 85.7. The first-order valence-electron chi connectivity index (χ1n) is 47.1. The molecule has 0 saturated carbocycles.